The minimum Gasteiger partial charge on any atom is -0.314 e. The van der Waals surface area contributed by atoms with Gasteiger partial charge < -0.3 is 5.32 Å². The van der Waals surface area contributed by atoms with E-state index in [1.54, 1.807) is 0 Å². The Hall–Kier alpha value is -0.0400. The van der Waals surface area contributed by atoms with Crippen molar-refractivity contribution >= 4 is 0 Å². The highest BCUT2D eigenvalue weighted by Gasteiger charge is 2.33. The number of hydrogen-bond donors (Lipinski definition) is 1. The van der Waals surface area contributed by atoms with Crippen molar-refractivity contribution in [2.45, 2.75) is 77.7 Å². The summed E-state index contributed by atoms with van der Waals surface area (Å²) in [6.45, 7) is 5.97. The zero-order valence-corrected chi connectivity index (χ0v) is 11.9. The van der Waals surface area contributed by atoms with E-state index in [9.17, 15) is 0 Å². The molecule has 0 aromatic carbocycles. The Morgan fingerprint density at radius 3 is 2.59 bits per heavy atom. The van der Waals surface area contributed by atoms with Crippen LogP contribution in [0.1, 0.15) is 71.6 Å². The maximum absolute atomic E-state index is 3.83. The summed E-state index contributed by atoms with van der Waals surface area (Å²) in [7, 11) is 0. The highest BCUT2D eigenvalue weighted by Crippen LogP contribution is 2.40. The molecule has 4 atom stereocenters. The van der Waals surface area contributed by atoms with E-state index in [4.69, 9.17) is 0 Å². The first-order valence-electron chi connectivity index (χ1n) is 8.04. The Labute approximate surface area is 108 Å². The van der Waals surface area contributed by atoms with Crippen LogP contribution in [-0.4, -0.2) is 12.6 Å². The average molecular weight is 237 g/mol. The lowest BCUT2D eigenvalue weighted by molar-refractivity contribution is 0.130. The fourth-order valence-electron chi connectivity index (χ4n) is 4.18. The molecule has 2 rings (SSSR count). The Kier molecular flexibility index (Phi) is 5.34. The van der Waals surface area contributed by atoms with Gasteiger partial charge >= 0.3 is 0 Å². The molecule has 0 radical (unpaired) electrons. The maximum Gasteiger partial charge on any atom is 0.00979 e. The zero-order valence-electron chi connectivity index (χ0n) is 11.9. The molecule has 1 N–H and O–H groups in total. The van der Waals surface area contributed by atoms with Crippen LogP contribution in [0, 0.1) is 17.8 Å². The predicted molar refractivity (Wildman–Crippen MR) is 75.2 cm³/mol. The summed E-state index contributed by atoms with van der Waals surface area (Å²) < 4.78 is 0. The van der Waals surface area contributed by atoms with Crippen LogP contribution < -0.4 is 5.32 Å². The Morgan fingerprint density at radius 2 is 1.82 bits per heavy atom. The van der Waals surface area contributed by atoms with Crippen molar-refractivity contribution in [2.24, 2.45) is 17.8 Å². The molecule has 0 aromatic heterocycles. The molecule has 4 unspecified atom stereocenters. The topological polar surface area (TPSA) is 12.0 Å². The van der Waals surface area contributed by atoms with Crippen molar-refractivity contribution in [3.05, 3.63) is 0 Å². The highest BCUT2D eigenvalue weighted by molar-refractivity contribution is 4.87. The molecule has 1 heteroatoms. The summed E-state index contributed by atoms with van der Waals surface area (Å²) in [4.78, 5) is 0. The second-order valence-corrected chi connectivity index (χ2v) is 6.54. The van der Waals surface area contributed by atoms with Gasteiger partial charge in [-0.3, -0.25) is 0 Å². The fraction of sp³-hybridized carbons (Fsp3) is 1.00. The Balaban J connectivity index is 1.90. The standard InChI is InChI=1S/C16H31N/c1-3-11-17-16-10-5-4-9-15(16)14-8-6-7-13(2)12-14/h13-17H,3-12H2,1-2H3. The van der Waals surface area contributed by atoms with Gasteiger partial charge in [-0.15, -0.1) is 0 Å². The third-order valence-corrected chi connectivity index (χ3v) is 5.06. The van der Waals surface area contributed by atoms with Crippen LogP contribution in [0.5, 0.6) is 0 Å². The van der Waals surface area contributed by atoms with Crippen LogP contribution in [0.2, 0.25) is 0 Å². The van der Waals surface area contributed by atoms with E-state index < -0.39 is 0 Å². The van der Waals surface area contributed by atoms with E-state index in [0.29, 0.717) is 0 Å². The third kappa shape index (κ3) is 3.71. The third-order valence-electron chi connectivity index (χ3n) is 5.06. The lowest BCUT2D eigenvalue weighted by Gasteiger charge is -2.41. The molecule has 2 saturated carbocycles. The van der Waals surface area contributed by atoms with Gasteiger partial charge in [0, 0.05) is 6.04 Å². The number of rotatable bonds is 4. The molecule has 0 heterocycles. The first-order chi connectivity index (χ1) is 8.31. The van der Waals surface area contributed by atoms with Crippen LogP contribution in [0.3, 0.4) is 0 Å². The molecule has 2 aliphatic rings. The van der Waals surface area contributed by atoms with Crippen molar-refractivity contribution in [2.75, 3.05) is 6.54 Å². The molecule has 0 aliphatic heterocycles. The lowest BCUT2D eigenvalue weighted by Crippen LogP contribution is -2.43. The van der Waals surface area contributed by atoms with Crippen LogP contribution >= 0.6 is 0 Å². The Bertz CT molecular complexity index is 214. The first kappa shape index (κ1) is 13.4. The SMILES string of the molecule is CCCNC1CCCCC1C1CCCC(C)C1. The van der Waals surface area contributed by atoms with Crippen LogP contribution in [0.4, 0.5) is 0 Å². The summed E-state index contributed by atoms with van der Waals surface area (Å²) >= 11 is 0. The fourth-order valence-corrected chi connectivity index (χ4v) is 4.18. The van der Waals surface area contributed by atoms with Crippen molar-refractivity contribution in [3.63, 3.8) is 0 Å². The number of hydrogen-bond acceptors (Lipinski definition) is 1. The van der Waals surface area contributed by atoms with Gasteiger partial charge in [-0.25, -0.2) is 0 Å². The van der Waals surface area contributed by atoms with E-state index in [2.05, 4.69) is 19.2 Å². The van der Waals surface area contributed by atoms with Crippen molar-refractivity contribution in [1.82, 2.24) is 5.32 Å². The molecule has 0 saturated heterocycles. The van der Waals surface area contributed by atoms with E-state index in [1.807, 2.05) is 0 Å². The minimum absolute atomic E-state index is 0.846. The highest BCUT2D eigenvalue weighted by atomic mass is 14.9. The molecular formula is C16H31N. The predicted octanol–water partition coefficient (Wildman–Crippen LogP) is 4.37. The van der Waals surface area contributed by atoms with E-state index >= 15 is 0 Å². The normalized spacial score (nSPS) is 39.2. The molecule has 2 fully saturated rings. The van der Waals surface area contributed by atoms with Gasteiger partial charge in [0.15, 0.2) is 0 Å². The van der Waals surface area contributed by atoms with E-state index in [-0.39, 0.29) is 0 Å². The van der Waals surface area contributed by atoms with Crippen LogP contribution in [0.25, 0.3) is 0 Å². The quantitative estimate of drug-likeness (QED) is 0.765. The molecule has 2 aliphatic carbocycles. The summed E-state index contributed by atoms with van der Waals surface area (Å²) in [5.41, 5.74) is 0. The number of nitrogens with one attached hydrogen (secondary N) is 1. The van der Waals surface area contributed by atoms with Gasteiger partial charge in [-0.05, 0) is 50.0 Å². The first-order valence-corrected chi connectivity index (χ1v) is 8.04. The van der Waals surface area contributed by atoms with Gasteiger partial charge in [-0.2, -0.15) is 0 Å². The zero-order chi connectivity index (χ0) is 12.1. The summed E-state index contributed by atoms with van der Waals surface area (Å²) in [6, 6.07) is 0.846. The van der Waals surface area contributed by atoms with Gasteiger partial charge in [0.2, 0.25) is 0 Å². The summed E-state index contributed by atoms with van der Waals surface area (Å²) in [5, 5.41) is 3.83. The summed E-state index contributed by atoms with van der Waals surface area (Å²) in [6.07, 6.45) is 13.2. The average Bonchev–Trinajstić information content (AvgIpc) is 2.37. The minimum atomic E-state index is 0.846. The van der Waals surface area contributed by atoms with Crippen molar-refractivity contribution < 1.29 is 0 Å². The van der Waals surface area contributed by atoms with E-state index in [1.165, 1.54) is 64.3 Å². The van der Waals surface area contributed by atoms with Gasteiger partial charge in [0.1, 0.15) is 0 Å². The molecule has 100 valence electrons. The Morgan fingerprint density at radius 1 is 1.00 bits per heavy atom. The monoisotopic (exact) mass is 237 g/mol. The maximum atomic E-state index is 3.83. The lowest BCUT2D eigenvalue weighted by atomic mass is 9.69. The second-order valence-electron chi connectivity index (χ2n) is 6.54. The molecule has 0 aromatic rings. The smallest absolute Gasteiger partial charge is 0.00979 e. The molecular weight excluding hydrogens is 206 g/mol. The summed E-state index contributed by atoms with van der Waals surface area (Å²) in [5.74, 6) is 3.02. The van der Waals surface area contributed by atoms with Gasteiger partial charge in [-0.1, -0.05) is 46.0 Å². The van der Waals surface area contributed by atoms with Gasteiger partial charge in [0.25, 0.3) is 0 Å². The molecule has 0 spiro atoms. The van der Waals surface area contributed by atoms with E-state index in [0.717, 1.165) is 23.8 Å². The molecule has 17 heavy (non-hydrogen) atoms. The second kappa shape index (κ2) is 6.78. The largest absolute Gasteiger partial charge is 0.314 e. The molecule has 1 nitrogen and oxygen atoms in total. The van der Waals surface area contributed by atoms with Crippen LogP contribution in [0.15, 0.2) is 0 Å². The van der Waals surface area contributed by atoms with Crippen molar-refractivity contribution in [1.29, 1.82) is 0 Å². The molecule has 0 amide bonds. The van der Waals surface area contributed by atoms with Crippen LogP contribution in [-0.2, 0) is 0 Å². The van der Waals surface area contributed by atoms with Gasteiger partial charge in [0.05, 0.1) is 0 Å². The van der Waals surface area contributed by atoms with Crippen molar-refractivity contribution in [3.8, 4) is 0 Å². The molecule has 0 bridgehead atoms.